The molecule has 1 saturated heterocycles. The fourth-order valence-electron chi connectivity index (χ4n) is 1.52. The van der Waals surface area contributed by atoms with Crippen molar-refractivity contribution >= 4 is 11.8 Å². The molecule has 0 spiro atoms. The molecule has 72 valence electrons. The topological polar surface area (TPSA) is 43.8 Å². The number of hydrogen-bond donors (Lipinski definition) is 1. The van der Waals surface area contributed by atoms with Gasteiger partial charge in [-0.05, 0) is 19.1 Å². The predicted molar refractivity (Wildman–Crippen MR) is 55.8 cm³/mol. The van der Waals surface area contributed by atoms with Crippen LogP contribution in [0.25, 0.3) is 0 Å². The summed E-state index contributed by atoms with van der Waals surface area (Å²) in [5.41, 5.74) is 6.90. The second kappa shape index (κ2) is 3.72. The summed E-state index contributed by atoms with van der Waals surface area (Å²) in [6.45, 7) is 1.99. The van der Waals surface area contributed by atoms with Crippen LogP contribution in [0.15, 0.2) is 12.4 Å². The van der Waals surface area contributed by atoms with Gasteiger partial charge in [-0.25, -0.2) is 0 Å². The minimum atomic E-state index is 0.0998. The molecule has 2 N–H and O–H groups in total. The molecule has 2 rings (SSSR count). The molecule has 1 aromatic heterocycles. The van der Waals surface area contributed by atoms with Crippen LogP contribution in [0.5, 0.6) is 0 Å². The van der Waals surface area contributed by atoms with Crippen molar-refractivity contribution in [1.29, 1.82) is 0 Å². The van der Waals surface area contributed by atoms with E-state index in [9.17, 15) is 0 Å². The zero-order valence-electron chi connectivity index (χ0n) is 7.81. The van der Waals surface area contributed by atoms with Gasteiger partial charge in [-0.3, -0.25) is 4.68 Å². The SMILES string of the molecule is CC(N)c1cnn(C2CCSC2)c1. The lowest BCUT2D eigenvalue weighted by Gasteiger charge is -2.07. The standard InChI is InChI=1S/C9H15N3S/c1-7(10)8-4-11-12(5-8)9-2-3-13-6-9/h4-5,7,9H,2-3,6,10H2,1H3. The molecule has 4 heteroatoms. The van der Waals surface area contributed by atoms with Crippen molar-refractivity contribution in [2.24, 2.45) is 5.73 Å². The number of nitrogens with zero attached hydrogens (tertiary/aromatic N) is 2. The molecule has 1 aliphatic heterocycles. The Balaban J connectivity index is 2.12. The zero-order chi connectivity index (χ0) is 9.26. The Kier molecular flexibility index (Phi) is 2.60. The molecule has 0 aromatic carbocycles. The Morgan fingerprint density at radius 1 is 1.77 bits per heavy atom. The van der Waals surface area contributed by atoms with Crippen molar-refractivity contribution in [3.8, 4) is 0 Å². The highest BCUT2D eigenvalue weighted by Crippen LogP contribution is 2.27. The van der Waals surface area contributed by atoms with Gasteiger partial charge >= 0.3 is 0 Å². The Morgan fingerprint density at radius 3 is 3.15 bits per heavy atom. The van der Waals surface area contributed by atoms with Gasteiger partial charge in [0.25, 0.3) is 0 Å². The van der Waals surface area contributed by atoms with E-state index < -0.39 is 0 Å². The predicted octanol–water partition coefficient (Wildman–Crippen LogP) is 1.58. The van der Waals surface area contributed by atoms with Crippen molar-refractivity contribution in [1.82, 2.24) is 9.78 Å². The maximum atomic E-state index is 5.77. The molecule has 0 saturated carbocycles. The van der Waals surface area contributed by atoms with Crippen LogP contribution in [-0.4, -0.2) is 21.3 Å². The third kappa shape index (κ3) is 1.89. The smallest absolute Gasteiger partial charge is 0.0617 e. The third-order valence-electron chi connectivity index (χ3n) is 2.43. The van der Waals surface area contributed by atoms with Crippen LogP contribution in [-0.2, 0) is 0 Å². The largest absolute Gasteiger partial charge is 0.324 e. The van der Waals surface area contributed by atoms with Gasteiger partial charge in [-0.15, -0.1) is 0 Å². The first-order valence-electron chi connectivity index (χ1n) is 4.65. The number of thioether (sulfide) groups is 1. The number of hydrogen-bond acceptors (Lipinski definition) is 3. The third-order valence-corrected chi connectivity index (χ3v) is 3.57. The lowest BCUT2D eigenvalue weighted by Crippen LogP contribution is -2.08. The Hall–Kier alpha value is -0.480. The lowest BCUT2D eigenvalue weighted by molar-refractivity contribution is 0.501. The first kappa shape index (κ1) is 9.09. The van der Waals surface area contributed by atoms with Crippen LogP contribution in [0.1, 0.15) is 31.0 Å². The van der Waals surface area contributed by atoms with Crippen molar-refractivity contribution in [3.63, 3.8) is 0 Å². The van der Waals surface area contributed by atoms with Crippen LogP contribution < -0.4 is 5.73 Å². The molecular formula is C9H15N3S. The summed E-state index contributed by atoms with van der Waals surface area (Å²) in [6.07, 6.45) is 5.21. The van der Waals surface area contributed by atoms with Gasteiger partial charge < -0.3 is 5.73 Å². The fourth-order valence-corrected chi connectivity index (χ4v) is 2.72. The number of aromatic nitrogens is 2. The maximum Gasteiger partial charge on any atom is 0.0617 e. The lowest BCUT2D eigenvalue weighted by atomic mass is 10.2. The summed E-state index contributed by atoms with van der Waals surface area (Å²) >= 11 is 2.00. The summed E-state index contributed by atoms with van der Waals surface area (Å²) in [6, 6.07) is 0.695. The van der Waals surface area contributed by atoms with E-state index >= 15 is 0 Å². The highest BCUT2D eigenvalue weighted by atomic mass is 32.2. The average molecular weight is 197 g/mol. The number of rotatable bonds is 2. The molecule has 2 heterocycles. The number of nitrogens with two attached hydrogens (primary N) is 1. The molecule has 0 aliphatic carbocycles. The summed E-state index contributed by atoms with van der Waals surface area (Å²) in [5.74, 6) is 2.46. The van der Waals surface area contributed by atoms with E-state index in [-0.39, 0.29) is 6.04 Å². The molecule has 0 radical (unpaired) electrons. The summed E-state index contributed by atoms with van der Waals surface area (Å²) in [4.78, 5) is 0. The van der Waals surface area contributed by atoms with Crippen LogP contribution >= 0.6 is 11.8 Å². The van der Waals surface area contributed by atoms with E-state index in [1.807, 2.05) is 24.9 Å². The molecule has 13 heavy (non-hydrogen) atoms. The Morgan fingerprint density at radius 2 is 2.62 bits per heavy atom. The molecule has 0 bridgehead atoms. The second-order valence-corrected chi connectivity index (χ2v) is 4.71. The van der Waals surface area contributed by atoms with E-state index in [0.29, 0.717) is 6.04 Å². The Labute approximate surface area is 82.7 Å². The van der Waals surface area contributed by atoms with Crippen LogP contribution in [0.2, 0.25) is 0 Å². The monoisotopic (exact) mass is 197 g/mol. The van der Waals surface area contributed by atoms with Gasteiger partial charge in [0.2, 0.25) is 0 Å². The molecule has 0 amide bonds. The average Bonchev–Trinajstić information content (AvgIpc) is 2.75. The molecular weight excluding hydrogens is 182 g/mol. The van der Waals surface area contributed by atoms with Crippen LogP contribution in [0.4, 0.5) is 0 Å². The van der Waals surface area contributed by atoms with Crippen molar-refractivity contribution in [3.05, 3.63) is 18.0 Å². The van der Waals surface area contributed by atoms with E-state index in [0.717, 1.165) is 5.56 Å². The minimum Gasteiger partial charge on any atom is -0.324 e. The van der Waals surface area contributed by atoms with Crippen LogP contribution in [0.3, 0.4) is 0 Å². The maximum absolute atomic E-state index is 5.77. The molecule has 1 fully saturated rings. The fraction of sp³-hybridized carbons (Fsp3) is 0.667. The van der Waals surface area contributed by atoms with E-state index in [1.165, 1.54) is 17.9 Å². The van der Waals surface area contributed by atoms with E-state index in [1.54, 1.807) is 0 Å². The first-order valence-corrected chi connectivity index (χ1v) is 5.80. The van der Waals surface area contributed by atoms with Gasteiger partial charge in [-0.1, -0.05) is 0 Å². The van der Waals surface area contributed by atoms with Gasteiger partial charge in [-0.2, -0.15) is 16.9 Å². The molecule has 1 aliphatic rings. The van der Waals surface area contributed by atoms with Crippen LogP contribution in [0, 0.1) is 0 Å². The summed E-state index contributed by atoms with van der Waals surface area (Å²) in [5, 5.41) is 4.34. The van der Waals surface area contributed by atoms with Crippen molar-refractivity contribution in [2.45, 2.75) is 25.4 Å². The minimum absolute atomic E-state index is 0.0998. The van der Waals surface area contributed by atoms with E-state index in [2.05, 4.69) is 16.0 Å². The highest BCUT2D eigenvalue weighted by Gasteiger charge is 2.18. The second-order valence-electron chi connectivity index (χ2n) is 3.56. The van der Waals surface area contributed by atoms with E-state index in [4.69, 9.17) is 5.73 Å². The van der Waals surface area contributed by atoms with Gasteiger partial charge in [0.05, 0.1) is 12.2 Å². The van der Waals surface area contributed by atoms with Crippen molar-refractivity contribution < 1.29 is 0 Å². The van der Waals surface area contributed by atoms with Gasteiger partial charge in [0.1, 0.15) is 0 Å². The molecule has 1 aromatic rings. The van der Waals surface area contributed by atoms with Gasteiger partial charge in [0, 0.05) is 23.6 Å². The zero-order valence-corrected chi connectivity index (χ0v) is 8.63. The molecule has 3 nitrogen and oxygen atoms in total. The normalized spacial score (nSPS) is 24.9. The molecule has 2 unspecified atom stereocenters. The van der Waals surface area contributed by atoms with Gasteiger partial charge in [0.15, 0.2) is 0 Å². The quantitative estimate of drug-likeness (QED) is 0.783. The highest BCUT2D eigenvalue weighted by molar-refractivity contribution is 7.99. The first-order chi connectivity index (χ1) is 6.27. The summed E-state index contributed by atoms with van der Waals surface area (Å²) in [7, 11) is 0. The molecule has 2 atom stereocenters. The Bertz CT molecular complexity index is 276. The summed E-state index contributed by atoms with van der Waals surface area (Å²) < 4.78 is 2.07. The van der Waals surface area contributed by atoms with Crippen molar-refractivity contribution in [2.75, 3.05) is 11.5 Å².